The highest BCUT2D eigenvalue weighted by Crippen LogP contribution is 2.19. The molecule has 0 aliphatic rings. The lowest BCUT2D eigenvalue weighted by Gasteiger charge is -2.14. The molecule has 1 atom stereocenters. The molecule has 0 heterocycles. The molecule has 0 aliphatic heterocycles. The Balaban J connectivity index is 2.79. The first-order chi connectivity index (χ1) is 9.26. The Morgan fingerprint density at radius 3 is 2.65 bits per heavy atom. The number of hydrogen-bond donors (Lipinski definition) is 2. The largest absolute Gasteiger partial charge is 0.481 e. The number of ether oxygens (including phenoxy) is 1. The first-order valence-electron chi connectivity index (χ1n) is 5.76. The minimum absolute atomic E-state index is 0.0970. The van der Waals surface area contributed by atoms with Crippen LogP contribution in [0.4, 0.5) is 0 Å². The zero-order valence-electron chi connectivity index (χ0n) is 11.1. The van der Waals surface area contributed by atoms with Crippen LogP contribution < -0.4 is 4.72 Å². The molecule has 0 saturated carbocycles. The van der Waals surface area contributed by atoms with Gasteiger partial charge in [0.25, 0.3) is 0 Å². The van der Waals surface area contributed by atoms with Crippen molar-refractivity contribution in [2.75, 3.05) is 13.7 Å². The van der Waals surface area contributed by atoms with Gasteiger partial charge in [0.15, 0.2) is 0 Å². The van der Waals surface area contributed by atoms with Crippen LogP contribution in [0.15, 0.2) is 27.6 Å². The number of benzene rings is 1. The van der Waals surface area contributed by atoms with E-state index in [1.54, 1.807) is 13.0 Å². The Morgan fingerprint density at radius 1 is 1.50 bits per heavy atom. The van der Waals surface area contributed by atoms with Gasteiger partial charge in [-0.25, -0.2) is 13.1 Å². The monoisotopic (exact) mass is 365 g/mol. The Morgan fingerprint density at radius 2 is 2.15 bits per heavy atom. The standard InChI is InChI=1S/C12H16BrNO5S/c1-8-5-10(3-4-11(8)13)20(17,18)14-7-9(19-2)6-12(15)16/h3-5,9,14H,6-7H2,1-2H3,(H,15,16). The van der Waals surface area contributed by atoms with Gasteiger partial charge < -0.3 is 9.84 Å². The van der Waals surface area contributed by atoms with E-state index in [1.807, 2.05) is 0 Å². The molecule has 1 unspecified atom stereocenters. The zero-order valence-corrected chi connectivity index (χ0v) is 13.5. The zero-order chi connectivity index (χ0) is 15.3. The van der Waals surface area contributed by atoms with Crippen molar-refractivity contribution in [2.45, 2.75) is 24.3 Å². The first kappa shape index (κ1) is 17.1. The fraction of sp³-hybridized carbons (Fsp3) is 0.417. The molecule has 1 aromatic carbocycles. The molecular formula is C12H16BrNO5S. The highest BCUT2D eigenvalue weighted by atomic mass is 79.9. The molecule has 0 aliphatic carbocycles. The second-order valence-corrected chi connectivity index (χ2v) is 6.84. The van der Waals surface area contributed by atoms with E-state index >= 15 is 0 Å². The van der Waals surface area contributed by atoms with Crippen LogP contribution in [0.5, 0.6) is 0 Å². The van der Waals surface area contributed by atoms with Gasteiger partial charge in [0.2, 0.25) is 10.0 Å². The summed E-state index contributed by atoms with van der Waals surface area (Å²) in [6.07, 6.45) is -0.975. The maximum Gasteiger partial charge on any atom is 0.306 e. The fourth-order valence-electron chi connectivity index (χ4n) is 1.50. The van der Waals surface area contributed by atoms with Crippen LogP contribution in [-0.4, -0.2) is 39.3 Å². The van der Waals surface area contributed by atoms with Crippen LogP contribution in [0.25, 0.3) is 0 Å². The molecule has 8 heteroatoms. The summed E-state index contributed by atoms with van der Waals surface area (Å²) in [5, 5.41) is 8.67. The summed E-state index contributed by atoms with van der Waals surface area (Å²) in [5.74, 6) is -1.05. The minimum Gasteiger partial charge on any atom is -0.481 e. The van der Waals surface area contributed by atoms with Crippen molar-refractivity contribution in [3.8, 4) is 0 Å². The van der Waals surface area contributed by atoms with Crippen LogP contribution in [0.3, 0.4) is 0 Å². The predicted molar refractivity (Wildman–Crippen MR) is 77.1 cm³/mol. The number of aliphatic carboxylic acids is 1. The van der Waals surface area contributed by atoms with Crippen molar-refractivity contribution < 1.29 is 23.1 Å². The van der Waals surface area contributed by atoms with Crippen LogP contribution in [0.1, 0.15) is 12.0 Å². The topological polar surface area (TPSA) is 92.7 Å². The predicted octanol–water partition coefficient (Wildman–Crippen LogP) is 1.53. The molecule has 0 spiro atoms. The van der Waals surface area contributed by atoms with E-state index in [1.165, 1.54) is 19.2 Å². The Kier molecular flexibility index (Phi) is 6.12. The molecule has 0 aromatic heterocycles. The highest BCUT2D eigenvalue weighted by molar-refractivity contribution is 9.10. The third-order valence-corrected chi connectivity index (χ3v) is 4.99. The van der Waals surface area contributed by atoms with E-state index in [9.17, 15) is 13.2 Å². The van der Waals surface area contributed by atoms with Gasteiger partial charge in [-0.05, 0) is 30.7 Å². The summed E-state index contributed by atoms with van der Waals surface area (Å²) in [5.41, 5.74) is 0.793. The van der Waals surface area contributed by atoms with Gasteiger partial charge in [0.05, 0.1) is 17.4 Å². The molecule has 6 nitrogen and oxygen atoms in total. The summed E-state index contributed by atoms with van der Waals surface area (Å²) in [6, 6.07) is 4.65. The fourth-order valence-corrected chi connectivity index (χ4v) is 2.90. The van der Waals surface area contributed by atoms with Crippen molar-refractivity contribution in [2.24, 2.45) is 0 Å². The third-order valence-electron chi connectivity index (χ3n) is 2.68. The van der Waals surface area contributed by atoms with Gasteiger partial charge in [-0.2, -0.15) is 0 Å². The smallest absolute Gasteiger partial charge is 0.306 e. The quantitative estimate of drug-likeness (QED) is 0.764. The number of hydrogen-bond acceptors (Lipinski definition) is 4. The SMILES string of the molecule is COC(CNS(=O)(=O)c1ccc(Br)c(C)c1)CC(=O)O. The lowest BCUT2D eigenvalue weighted by Crippen LogP contribution is -2.34. The van der Waals surface area contributed by atoms with Crippen molar-refractivity contribution in [1.29, 1.82) is 0 Å². The van der Waals surface area contributed by atoms with Gasteiger partial charge in [0, 0.05) is 18.1 Å². The van der Waals surface area contributed by atoms with Gasteiger partial charge in [0.1, 0.15) is 0 Å². The van der Waals surface area contributed by atoms with Gasteiger partial charge in [-0.3, -0.25) is 4.79 Å². The third kappa shape index (κ3) is 4.86. The van der Waals surface area contributed by atoms with Crippen molar-refractivity contribution in [1.82, 2.24) is 4.72 Å². The van der Waals surface area contributed by atoms with E-state index in [0.717, 1.165) is 10.0 Å². The average Bonchev–Trinajstić information content (AvgIpc) is 2.37. The molecular weight excluding hydrogens is 350 g/mol. The van der Waals surface area contributed by atoms with Gasteiger partial charge in [-0.1, -0.05) is 15.9 Å². The molecule has 0 amide bonds. The van der Waals surface area contributed by atoms with Crippen molar-refractivity contribution in [3.05, 3.63) is 28.2 Å². The molecule has 0 saturated heterocycles. The second-order valence-electron chi connectivity index (χ2n) is 4.22. The van der Waals surface area contributed by atoms with Crippen molar-refractivity contribution in [3.63, 3.8) is 0 Å². The van der Waals surface area contributed by atoms with E-state index < -0.39 is 22.1 Å². The highest BCUT2D eigenvalue weighted by Gasteiger charge is 2.19. The van der Waals surface area contributed by atoms with E-state index in [-0.39, 0.29) is 17.9 Å². The lowest BCUT2D eigenvalue weighted by atomic mass is 10.2. The maximum atomic E-state index is 12.1. The molecule has 2 N–H and O–H groups in total. The van der Waals surface area contributed by atoms with E-state index in [2.05, 4.69) is 20.7 Å². The molecule has 20 heavy (non-hydrogen) atoms. The number of halogens is 1. The molecule has 0 fully saturated rings. The Labute approximate surface area is 126 Å². The number of sulfonamides is 1. The summed E-state index contributed by atoms with van der Waals surface area (Å²) < 4.78 is 32.2. The van der Waals surface area contributed by atoms with Crippen molar-refractivity contribution >= 4 is 31.9 Å². The van der Waals surface area contributed by atoms with E-state index in [4.69, 9.17) is 9.84 Å². The minimum atomic E-state index is -3.68. The Bertz CT molecular complexity index is 588. The first-order valence-corrected chi connectivity index (χ1v) is 8.04. The molecule has 0 bridgehead atoms. The van der Waals surface area contributed by atoms with Gasteiger partial charge >= 0.3 is 5.97 Å². The number of aryl methyl sites for hydroxylation is 1. The number of rotatable bonds is 7. The normalized spacial score (nSPS) is 13.2. The lowest BCUT2D eigenvalue weighted by molar-refractivity contribution is -0.139. The van der Waals surface area contributed by atoms with Crippen LogP contribution in [0.2, 0.25) is 0 Å². The maximum absolute atomic E-state index is 12.1. The van der Waals surface area contributed by atoms with E-state index in [0.29, 0.717) is 0 Å². The van der Waals surface area contributed by atoms with Crippen LogP contribution >= 0.6 is 15.9 Å². The summed E-state index contributed by atoms with van der Waals surface area (Å²) in [6.45, 7) is 1.69. The number of carbonyl (C=O) groups is 1. The molecule has 1 rings (SSSR count). The Hall–Kier alpha value is -0.960. The molecule has 1 aromatic rings. The van der Waals surface area contributed by atoms with Crippen LogP contribution in [0, 0.1) is 6.92 Å². The second kappa shape index (κ2) is 7.16. The van der Waals surface area contributed by atoms with Gasteiger partial charge in [-0.15, -0.1) is 0 Å². The summed E-state index contributed by atoms with van der Waals surface area (Å²) >= 11 is 3.30. The molecule has 0 radical (unpaired) electrons. The summed E-state index contributed by atoms with van der Waals surface area (Å²) in [4.78, 5) is 10.7. The summed E-state index contributed by atoms with van der Waals surface area (Å²) in [7, 11) is -2.35. The number of carboxylic acid groups (broad SMARTS) is 1. The number of carboxylic acids is 1. The van der Waals surface area contributed by atoms with Crippen LogP contribution in [-0.2, 0) is 19.6 Å². The number of methoxy groups -OCH3 is 1. The average molecular weight is 366 g/mol. The molecule has 112 valence electrons. The number of nitrogens with one attached hydrogen (secondary N) is 1.